The Kier molecular flexibility index (Phi) is 7.53. The van der Waals surface area contributed by atoms with Gasteiger partial charge >= 0.3 is 0 Å². The summed E-state index contributed by atoms with van der Waals surface area (Å²) in [5, 5.41) is 3.04. The predicted octanol–water partition coefficient (Wildman–Crippen LogP) is 6.26. The average Bonchev–Trinajstić information content (AvgIpc) is 2.65. The number of hydrogen-bond acceptors (Lipinski definition) is 1. The van der Waals surface area contributed by atoms with E-state index in [0.29, 0.717) is 0 Å². The van der Waals surface area contributed by atoms with Crippen LogP contribution in [0.2, 0.25) is 0 Å². The van der Waals surface area contributed by atoms with E-state index in [-0.39, 0.29) is 0 Å². The van der Waals surface area contributed by atoms with E-state index in [2.05, 4.69) is 19.9 Å². The lowest BCUT2D eigenvalue weighted by molar-refractivity contribution is 0.588. The van der Waals surface area contributed by atoms with Crippen molar-refractivity contribution in [3.8, 4) is 0 Å². The summed E-state index contributed by atoms with van der Waals surface area (Å²) in [6.45, 7) is 4.40. The molecule has 0 N–H and O–H groups in total. The molecular weight excluding hydrogens is 311 g/mol. The Morgan fingerprint density at radius 2 is 1.33 bits per heavy atom. The lowest BCUT2D eigenvalue weighted by Crippen LogP contribution is -2.17. The summed E-state index contributed by atoms with van der Waals surface area (Å²) in [5.41, 5.74) is 0. The fourth-order valence-corrected chi connectivity index (χ4v) is 5.98. The third-order valence-electron chi connectivity index (χ3n) is 4.37. The van der Waals surface area contributed by atoms with Crippen LogP contribution in [0, 0.1) is 0 Å². The van der Waals surface area contributed by atoms with Gasteiger partial charge in [0.05, 0.1) is 0 Å². The zero-order valence-corrected chi connectivity index (χ0v) is 15.8. The molecule has 0 amide bonds. The van der Waals surface area contributed by atoms with Crippen molar-refractivity contribution >= 4 is 17.8 Å². The van der Waals surface area contributed by atoms with Crippen LogP contribution in [0.15, 0.2) is 72.1 Å². The predicted molar refractivity (Wildman–Crippen MR) is 107 cm³/mol. The summed E-state index contributed by atoms with van der Waals surface area (Å²) in [5.74, 6) is 0. The summed E-state index contributed by atoms with van der Waals surface area (Å²) in [4.78, 5) is 0. The Hall–Kier alpha value is -1.59. The minimum absolute atomic E-state index is 0.918. The second-order valence-electron chi connectivity index (χ2n) is 6.22. The topological polar surface area (TPSA) is 17.1 Å². The first-order valence-corrected chi connectivity index (χ1v) is 10.8. The van der Waals surface area contributed by atoms with E-state index in [1.54, 1.807) is 0 Å². The highest BCUT2D eigenvalue weighted by Gasteiger charge is 2.30. The van der Waals surface area contributed by atoms with Gasteiger partial charge in [0.2, 0.25) is 0 Å². The minimum atomic E-state index is -2.74. The molecule has 0 atom stereocenters. The Morgan fingerprint density at radius 1 is 0.833 bits per heavy atom. The Morgan fingerprint density at radius 3 is 1.79 bits per heavy atom. The van der Waals surface area contributed by atoms with Crippen LogP contribution in [-0.2, 0) is 4.57 Å². The first-order chi connectivity index (χ1) is 11.7. The summed E-state index contributed by atoms with van der Waals surface area (Å²) >= 11 is 0. The van der Waals surface area contributed by atoms with Crippen LogP contribution < -0.4 is 10.6 Å². The Balaban J connectivity index is 2.54. The fourth-order valence-electron chi connectivity index (χ4n) is 2.98. The number of allylic oxidation sites excluding steroid dienone is 2. The molecule has 0 heterocycles. The summed E-state index contributed by atoms with van der Waals surface area (Å²) in [6, 6.07) is 20.0. The maximum absolute atomic E-state index is 14.3. The van der Waals surface area contributed by atoms with E-state index >= 15 is 0 Å². The van der Waals surface area contributed by atoms with Crippen LogP contribution in [-0.4, -0.2) is 0 Å². The van der Waals surface area contributed by atoms with Crippen LogP contribution in [0.25, 0.3) is 0 Å². The van der Waals surface area contributed by atoms with Crippen LogP contribution in [0.3, 0.4) is 0 Å². The van der Waals surface area contributed by atoms with E-state index < -0.39 is 7.14 Å². The number of benzene rings is 2. The highest BCUT2D eigenvalue weighted by Crippen LogP contribution is 2.53. The van der Waals surface area contributed by atoms with Gasteiger partial charge in [-0.2, -0.15) is 0 Å². The van der Waals surface area contributed by atoms with Crippen LogP contribution in [0.4, 0.5) is 0 Å². The van der Waals surface area contributed by atoms with Gasteiger partial charge in [0.1, 0.15) is 0 Å². The lowest BCUT2D eigenvalue weighted by atomic mass is 10.2. The third-order valence-corrected chi connectivity index (χ3v) is 7.63. The van der Waals surface area contributed by atoms with Gasteiger partial charge in [-0.1, -0.05) is 99.8 Å². The SMILES string of the molecule is CCCC/C=C(/CCCC)P(=O)(c1ccccc1)c1ccccc1. The molecular formula is C22H29OP. The molecule has 0 aliphatic rings. The van der Waals surface area contributed by atoms with Gasteiger partial charge in [-0.3, -0.25) is 0 Å². The molecule has 0 saturated carbocycles. The minimum Gasteiger partial charge on any atom is -0.309 e. The molecule has 0 unspecified atom stereocenters. The van der Waals surface area contributed by atoms with Gasteiger partial charge in [0.15, 0.2) is 7.14 Å². The standard InChI is InChI=1S/C22H29OP/c1-3-5-9-15-20(14-6-4-2)24(23,21-16-10-7-11-17-21)22-18-12-8-13-19-22/h7-8,10-13,15-19H,3-6,9,14H2,1-2H3/b20-15-. The average molecular weight is 340 g/mol. The Labute approximate surface area is 147 Å². The quantitative estimate of drug-likeness (QED) is 0.389. The maximum atomic E-state index is 14.3. The van der Waals surface area contributed by atoms with Crippen molar-refractivity contribution in [3.63, 3.8) is 0 Å². The first-order valence-electron chi connectivity index (χ1n) is 9.14. The second-order valence-corrected chi connectivity index (χ2v) is 9.05. The fraction of sp³-hybridized carbons (Fsp3) is 0.364. The summed E-state index contributed by atoms with van der Waals surface area (Å²) in [7, 11) is -2.74. The molecule has 0 aliphatic heterocycles. The molecule has 2 aromatic rings. The van der Waals surface area contributed by atoms with Crippen molar-refractivity contribution < 1.29 is 4.57 Å². The van der Waals surface area contributed by atoms with Crippen molar-refractivity contribution in [1.29, 1.82) is 0 Å². The molecule has 0 spiro atoms. The first kappa shape index (κ1) is 18.7. The van der Waals surface area contributed by atoms with Gasteiger partial charge in [0, 0.05) is 10.6 Å². The molecule has 24 heavy (non-hydrogen) atoms. The van der Waals surface area contributed by atoms with Gasteiger partial charge in [-0.05, 0) is 24.6 Å². The number of hydrogen-bond donors (Lipinski definition) is 0. The van der Waals surface area contributed by atoms with E-state index in [1.807, 2.05) is 60.7 Å². The monoisotopic (exact) mass is 340 g/mol. The van der Waals surface area contributed by atoms with Gasteiger partial charge in [0.25, 0.3) is 0 Å². The van der Waals surface area contributed by atoms with Gasteiger partial charge in [-0.15, -0.1) is 0 Å². The molecule has 0 saturated heterocycles. The maximum Gasteiger partial charge on any atom is 0.166 e. The normalized spacial score (nSPS) is 12.3. The number of unbranched alkanes of at least 4 members (excludes halogenated alkanes) is 3. The van der Waals surface area contributed by atoms with Crippen molar-refractivity contribution in [3.05, 3.63) is 72.1 Å². The van der Waals surface area contributed by atoms with Gasteiger partial charge < -0.3 is 4.57 Å². The molecule has 0 radical (unpaired) electrons. The molecule has 2 heteroatoms. The molecule has 128 valence electrons. The zero-order chi connectivity index (χ0) is 17.3. The van der Waals surface area contributed by atoms with Crippen LogP contribution >= 0.6 is 7.14 Å². The van der Waals surface area contributed by atoms with Crippen molar-refractivity contribution in [1.82, 2.24) is 0 Å². The van der Waals surface area contributed by atoms with Crippen molar-refractivity contribution in [2.45, 2.75) is 52.4 Å². The highest BCUT2D eigenvalue weighted by atomic mass is 31.2. The number of rotatable bonds is 9. The van der Waals surface area contributed by atoms with Gasteiger partial charge in [-0.25, -0.2) is 0 Å². The largest absolute Gasteiger partial charge is 0.309 e. The van der Waals surface area contributed by atoms with Crippen molar-refractivity contribution in [2.24, 2.45) is 0 Å². The van der Waals surface area contributed by atoms with Crippen LogP contribution in [0.1, 0.15) is 52.4 Å². The zero-order valence-electron chi connectivity index (χ0n) is 14.9. The van der Waals surface area contributed by atoms with E-state index in [1.165, 1.54) is 6.42 Å². The molecule has 2 aromatic carbocycles. The molecule has 1 nitrogen and oxygen atoms in total. The molecule has 0 fully saturated rings. The second kappa shape index (κ2) is 9.64. The molecule has 0 bridgehead atoms. The summed E-state index contributed by atoms with van der Waals surface area (Å²) < 4.78 is 14.3. The van der Waals surface area contributed by atoms with E-state index in [4.69, 9.17) is 0 Å². The van der Waals surface area contributed by atoms with Crippen LogP contribution in [0.5, 0.6) is 0 Å². The Bertz CT molecular complexity index is 630. The van der Waals surface area contributed by atoms with E-state index in [0.717, 1.165) is 48.0 Å². The summed E-state index contributed by atoms with van der Waals surface area (Å²) in [6.07, 6.45) is 8.72. The smallest absolute Gasteiger partial charge is 0.166 e. The molecule has 2 rings (SSSR count). The lowest BCUT2D eigenvalue weighted by Gasteiger charge is -2.23. The molecule has 0 aliphatic carbocycles. The highest BCUT2D eigenvalue weighted by molar-refractivity contribution is 7.82. The van der Waals surface area contributed by atoms with E-state index in [9.17, 15) is 4.57 Å². The third kappa shape index (κ3) is 4.48. The van der Waals surface area contributed by atoms with Crippen molar-refractivity contribution in [2.75, 3.05) is 0 Å². The molecule has 0 aromatic heterocycles.